The molecule has 2 fully saturated rings. The van der Waals surface area contributed by atoms with Crippen molar-refractivity contribution in [3.63, 3.8) is 0 Å². The number of unbranched alkanes of at least 4 members (excludes halogenated alkanes) is 1. The van der Waals surface area contributed by atoms with Crippen molar-refractivity contribution in [1.29, 1.82) is 0 Å². The molecular formula is C48H56N2O11S. The maximum atomic E-state index is 13.3. The van der Waals surface area contributed by atoms with E-state index in [9.17, 15) is 19.5 Å². The van der Waals surface area contributed by atoms with Gasteiger partial charge < -0.3 is 38.4 Å². The van der Waals surface area contributed by atoms with Gasteiger partial charge in [-0.1, -0.05) is 109 Å². The number of fused-ring (bicyclic) bond motifs is 3. The van der Waals surface area contributed by atoms with Gasteiger partial charge in [0.25, 0.3) is 0 Å². The van der Waals surface area contributed by atoms with Crippen molar-refractivity contribution in [3.05, 3.63) is 131 Å². The van der Waals surface area contributed by atoms with Crippen molar-refractivity contribution in [2.75, 3.05) is 33.4 Å². The van der Waals surface area contributed by atoms with Crippen LogP contribution in [0.2, 0.25) is 0 Å². The number of esters is 1. The minimum atomic E-state index is -1.11. The average molecular weight is 869 g/mol. The zero-order valence-electron chi connectivity index (χ0n) is 35.5. The Kier molecular flexibility index (Phi) is 15.8. The molecule has 4 aromatic rings. The lowest BCUT2D eigenvalue weighted by Gasteiger charge is -2.44. The molecule has 1 amide bonds. The van der Waals surface area contributed by atoms with Gasteiger partial charge in [-0.25, -0.2) is 9.59 Å². The number of carbonyl (C=O) groups is 3. The Morgan fingerprint density at radius 1 is 0.823 bits per heavy atom. The Hall–Kier alpha value is -4.64. The third kappa shape index (κ3) is 10.7. The van der Waals surface area contributed by atoms with Gasteiger partial charge in [-0.05, 0) is 68.0 Å². The first-order valence-electron chi connectivity index (χ1n) is 21.3. The summed E-state index contributed by atoms with van der Waals surface area (Å²) in [6.07, 6.45) is -4.61. The second-order valence-corrected chi connectivity index (χ2v) is 16.8. The Morgan fingerprint density at radius 3 is 2.10 bits per heavy atom. The van der Waals surface area contributed by atoms with Gasteiger partial charge in [0.05, 0.1) is 29.1 Å². The highest BCUT2D eigenvalue weighted by Crippen LogP contribution is 2.44. The first-order valence-corrected chi connectivity index (χ1v) is 22.2. The van der Waals surface area contributed by atoms with E-state index >= 15 is 0 Å². The molecular weight excluding hydrogens is 813 g/mol. The summed E-state index contributed by atoms with van der Waals surface area (Å²) in [5, 5.41) is 10.9. The molecule has 3 aliphatic rings. The van der Waals surface area contributed by atoms with E-state index in [2.05, 4.69) is 29.7 Å². The molecule has 0 spiro atoms. The highest BCUT2D eigenvalue weighted by Gasteiger charge is 2.47. The summed E-state index contributed by atoms with van der Waals surface area (Å²) < 4.78 is 36.0. The largest absolute Gasteiger partial charge is 0.457 e. The number of nitrogens with zero attached hydrogens (tertiary/aromatic N) is 1. The Morgan fingerprint density at radius 2 is 1.45 bits per heavy atom. The minimum Gasteiger partial charge on any atom is -0.457 e. The van der Waals surface area contributed by atoms with E-state index < -0.39 is 60.4 Å². The van der Waals surface area contributed by atoms with Crippen molar-refractivity contribution in [2.45, 2.75) is 100 Å². The Labute approximate surface area is 367 Å². The fourth-order valence-corrected chi connectivity index (χ4v) is 9.39. The second kappa shape index (κ2) is 21.6. The molecule has 2 aliphatic heterocycles. The number of benzene rings is 4. The van der Waals surface area contributed by atoms with Crippen LogP contribution in [-0.4, -0.2) is 115 Å². The molecule has 1 aliphatic carbocycles. The molecule has 9 atom stereocenters. The average Bonchev–Trinajstić information content (AvgIpc) is 3.62. The van der Waals surface area contributed by atoms with Gasteiger partial charge in [0.15, 0.2) is 12.6 Å². The van der Waals surface area contributed by atoms with Gasteiger partial charge in [-0.3, -0.25) is 9.63 Å². The summed E-state index contributed by atoms with van der Waals surface area (Å²) in [7, 11) is 1.49. The number of aliphatic hydroxyl groups is 1. The monoisotopic (exact) mass is 868 g/mol. The molecule has 13 nitrogen and oxygen atoms in total. The molecule has 0 unspecified atom stereocenters. The summed E-state index contributed by atoms with van der Waals surface area (Å²) in [5.74, 6) is -0.541. The summed E-state index contributed by atoms with van der Waals surface area (Å²) in [5.41, 5.74) is 8.54. The van der Waals surface area contributed by atoms with E-state index in [1.807, 2.05) is 43.3 Å². The summed E-state index contributed by atoms with van der Waals surface area (Å²) in [6.45, 7) is 7.01. The fraction of sp³-hybridized carbons (Fsp3) is 0.438. The first-order chi connectivity index (χ1) is 30.2. The minimum absolute atomic E-state index is 0.0170. The predicted octanol–water partition coefficient (Wildman–Crippen LogP) is 7.37. The lowest BCUT2D eigenvalue weighted by molar-refractivity contribution is -0.300. The predicted molar refractivity (Wildman–Crippen MR) is 233 cm³/mol. The van der Waals surface area contributed by atoms with Crippen LogP contribution in [0.5, 0.6) is 0 Å². The van der Waals surface area contributed by atoms with Gasteiger partial charge in [-0.2, -0.15) is 5.48 Å². The number of hydrogen-bond acceptors (Lipinski definition) is 13. The molecule has 0 saturated carbocycles. The third-order valence-electron chi connectivity index (χ3n) is 11.6. The van der Waals surface area contributed by atoms with E-state index in [0.29, 0.717) is 37.1 Å². The zero-order chi connectivity index (χ0) is 43.6. The van der Waals surface area contributed by atoms with Crippen LogP contribution in [0.15, 0.2) is 109 Å². The van der Waals surface area contributed by atoms with Crippen LogP contribution in [0.4, 0.5) is 4.79 Å². The Bertz CT molecular complexity index is 2050. The summed E-state index contributed by atoms with van der Waals surface area (Å²) >= 11 is 1.06. The van der Waals surface area contributed by atoms with Crippen LogP contribution in [-0.2, 0) is 33.3 Å². The molecule has 0 bridgehead atoms. The topological polar surface area (TPSA) is 151 Å². The maximum Gasteiger partial charge on any atom is 0.409 e. The number of carbonyl (C=O) groups excluding carboxylic acids is 3. The number of rotatable bonds is 17. The molecule has 2 heterocycles. The van der Waals surface area contributed by atoms with Crippen molar-refractivity contribution in [1.82, 2.24) is 10.4 Å². The molecule has 62 heavy (non-hydrogen) atoms. The van der Waals surface area contributed by atoms with E-state index in [0.717, 1.165) is 22.9 Å². The number of ether oxygens (including phenoxy) is 6. The van der Waals surface area contributed by atoms with Gasteiger partial charge in [0.1, 0.15) is 24.9 Å². The summed E-state index contributed by atoms with van der Waals surface area (Å²) in [6, 6.07) is 33.3. The molecule has 0 aromatic heterocycles. The van der Waals surface area contributed by atoms with E-state index in [4.69, 9.17) is 33.3 Å². The third-order valence-corrected chi connectivity index (χ3v) is 13.1. The standard InChI is InChI=1S/C48H56N2O11S/c1-5-50(48(54)57-29-38-36-24-14-12-22-34(36)35-23-13-15-25-37(35)38)26-16-17-27-56-43-42(51)41(30(2)59-47(43)55-4)49-61-40-28-39(60-45(52)32-18-8-6-9-19-32)44(31(3)58-40)62-46(53)33-20-10-7-11-21-33/h6-15,18-25,30-31,38-44,47,49,51H,5,16-17,26-29H2,1-4H3/t30-,31-,39+,40-,41-,42+,43-,44-,47+/m1/s1. The number of amides is 1. The van der Waals surface area contributed by atoms with Crippen LogP contribution in [0, 0.1) is 0 Å². The maximum absolute atomic E-state index is 13.3. The SMILES string of the molecule is CCN(CCCCO[C@H]1[C@@H](OC)O[C@H](C)[C@@H](NO[C@@H]2C[C@H](OC(=O)c3ccccc3)[C@H](SC(=O)c3ccccc3)[C@@H](C)O2)[C@@H]1O)C(=O)OCC1c2ccccc2-c2ccccc21. The van der Waals surface area contributed by atoms with Gasteiger partial charge >= 0.3 is 12.1 Å². The molecule has 14 heteroatoms. The lowest BCUT2D eigenvalue weighted by atomic mass is 9.97. The fourth-order valence-electron chi connectivity index (χ4n) is 8.30. The highest BCUT2D eigenvalue weighted by molar-refractivity contribution is 8.14. The van der Waals surface area contributed by atoms with Gasteiger partial charge in [-0.15, -0.1) is 0 Å². The van der Waals surface area contributed by atoms with Crippen molar-refractivity contribution >= 4 is 28.9 Å². The number of hydroxylamine groups is 1. The second-order valence-electron chi connectivity index (χ2n) is 15.7. The zero-order valence-corrected chi connectivity index (χ0v) is 36.3. The number of nitrogens with one attached hydrogen (secondary N) is 1. The normalized spacial score (nSPS) is 25.7. The van der Waals surface area contributed by atoms with Crippen LogP contribution in [0.25, 0.3) is 11.1 Å². The number of thioether (sulfide) groups is 1. The molecule has 330 valence electrons. The lowest BCUT2D eigenvalue weighted by Crippen LogP contribution is -2.63. The van der Waals surface area contributed by atoms with Crippen molar-refractivity contribution in [3.8, 4) is 11.1 Å². The number of hydrogen-bond donors (Lipinski definition) is 2. The van der Waals surface area contributed by atoms with E-state index in [1.54, 1.807) is 67.3 Å². The van der Waals surface area contributed by atoms with Crippen LogP contribution < -0.4 is 5.48 Å². The molecule has 0 radical (unpaired) electrons. The van der Waals surface area contributed by atoms with Crippen LogP contribution in [0.1, 0.15) is 77.8 Å². The number of methoxy groups -OCH3 is 1. The Balaban J connectivity index is 0.900. The van der Waals surface area contributed by atoms with Crippen molar-refractivity contribution < 1.29 is 52.7 Å². The molecule has 4 aromatic carbocycles. The van der Waals surface area contributed by atoms with Crippen molar-refractivity contribution in [2.24, 2.45) is 0 Å². The first kappa shape index (κ1) is 45.4. The number of aliphatic hydroxyl groups excluding tert-OH is 1. The van der Waals surface area contributed by atoms with Crippen LogP contribution >= 0.6 is 11.8 Å². The van der Waals surface area contributed by atoms with E-state index in [-0.39, 0.29) is 36.8 Å². The molecule has 2 N–H and O–H groups in total. The quantitative estimate of drug-likeness (QED) is 0.0618. The van der Waals surface area contributed by atoms with Crippen LogP contribution in [0.3, 0.4) is 0 Å². The summed E-state index contributed by atoms with van der Waals surface area (Å²) in [4.78, 5) is 47.5. The molecule has 2 saturated heterocycles. The molecule has 7 rings (SSSR count). The van der Waals surface area contributed by atoms with Gasteiger partial charge in [0, 0.05) is 44.7 Å². The smallest absolute Gasteiger partial charge is 0.409 e. The van der Waals surface area contributed by atoms with Gasteiger partial charge in [0.2, 0.25) is 5.12 Å². The highest BCUT2D eigenvalue weighted by atomic mass is 32.2. The van der Waals surface area contributed by atoms with E-state index in [1.165, 1.54) is 18.2 Å².